The van der Waals surface area contributed by atoms with Gasteiger partial charge in [-0.3, -0.25) is 4.79 Å². The van der Waals surface area contributed by atoms with Gasteiger partial charge in [0.1, 0.15) is 0 Å². The number of allylic oxidation sites excluding steroid dienone is 1. The molecule has 0 aliphatic heterocycles. The number of Topliss-reactive ketones (excluding diaryl/α,β-unsaturated/α-hetero) is 1. The molecule has 0 heterocycles. The minimum absolute atomic E-state index is 0.00250. The summed E-state index contributed by atoms with van der Waals surface area (Å²) in [6, 6.07) is 7.41. The minimum Gasteiger partial charge on any atom is -0.360 e. The molecular weight excluding hydrogens is 264 g/mol. The first-order chi connectivity index (χ1) is 9.04. The van der Waals surface area contributed by atoms with Crippen LogP contribution in [0.15, 0.2) is 47.9 Å². The van der Waals surface area contributed by atoms with Gasteiger partial charge in [0.25, 0.3) is 15.6 Å². The molecule has 0 spiro atoms. The van der Waals surface area contributed by atoms with Gasteiger partial charge in [0.05, 0.1) is 4.90 Å². The number of rotatable bonds is 6. The van der Waals surface area contributed by atoms with Crippen LogP contribution in [0.3, 0.4) is 0 Å². The number of carbonyl (C=O) groups excluding carboxylic acids is 1. The van der Waals surface area contributed by atoms with Gasteiger partial charge in [-0.15, -0.1) is 11.4 Å². The Bertz CT molecular complexity index is 615. The van der Waals surface area contributed by atoms with Crippen molar-refractivity contribution < 1.29 is 18.0 Å². The van der Waals surface area contributed by atoms with Crippen molar-refractivity contribution in [3.05, 3.63) is 48.5 Å². The zero-order valence-corrected chi connectivity index (χ0v) is 11.1. The van der Waals surface area contributed by atoms with Gasteiger partial charge in [-0.2, -0.15) is 0 Å². The van der Waals surface area contributed by atoms with Crippen molar-refractivity contribution >= 4 is 20.7 Å². The highest BCUT2D eigenvalue weighted by atomic mass is 32.2. The number of unbranched alkanes of at least 4 members (excludes halogenated alkanes) is 1. The number of carbonyl (C=O) groups is 1. The van der Waals surface area contributed by atoms with Gasteiger partial charge in [-0.25, -0.2) is 8.42 Å². The van der Waals surface area contributed by atoms with E-state index in [0.717, 1.165) is 0 Å². The van der Waals surface area contributed by atoms with E-state index in [0.29, 0.717) is 12.8 Å². The van der Waals surface area contributed by atoms with E-state index in [2.05, 4.69) is 11.4 Å². The molecule has 0 atom stereocenters. The maximum atomic E-state index is 12.1. The third kappa shape index (κ3) is 3.71. The largest absolute Gasteiger partial charge is 0.451 e. The van der Waals surface area contributed by atoms with E-state index in [9.17, 15) is 13.2 Å². The van der Waals surface area contributed by atoms with Crippen LogP contribution >= 0.6 is 0 Å². The van der Waals surface area contributed by atoms with Crippen LogP contribution in [-0.2, 0) is 14.6 Å². The molecule has 1 rings (SSSR count). The van der Waals surface area contributed by atoms with E-state index < -0.39 is 20.7 Å². The molecular formula is C13H14N2O3S. The molecule has 6 heteroatoms. The Balaban J connectivity index is 3.01. The molecule has 0 unspecified atom stereocenters. The van der Waals surface area contributed by atoms with Crippen LogP contribution in [0, 0.1) is 0 Å². The Labute approximate surface area is 112 Å². The van der Waals surface area contributed by atoms with Crippen molar-refractivity contribution in [3.8, 4) is 0 Å². The Morgan fingerprint density at radius 2 is 1.95 bits per heavy atom. The van der Waals surface area contributed by atoms with Crippen molar-refractivity contribution in [2.24, 2.45) is 0 Å². The van der Waals surface area contributed by atoms with Gasteiger partial charge >= 0.3 is 5.04 Å². The summed E-state index contributed by atoms with van der Waals surface area (Å²) >= 11 is 0. The van der Waals surface area contributed by atoms with Crippen molar-refractivity contribution in [2.75, 3.05) is 0 Å². The second kappa shape index (κ2) is 6.78. The van der Waals surface area contributed by atoms with E-state index in [-0.39, 0.29) is 11.3 Å². The van der Waals surface area contributed by atoms with Gasteiger partial charge < -0.3 is 5.53 Å². The zero-order chi connectivity index (χ0) is 14.3. The molecule has 5 nitrogen and oxygen atoms in total. The molecule has 0 aliphatic rings. The number of hydrogen-bond acceptors (Lipinski definition) is 3. The second-order valence-corrected chi connectivity index (χ2v) is 5.69. The first kappa shape index (κ1) is 15.0. The highest BCUT2D eigenvalue weighted by Crippen LogP contribution is 2.13. The van der Waals surface area contributed by atoms with E-state index >= 15 is 0 Å². The molecule has 0 bridgehead atoms. The second-order valence-electron chi connectivity index (χ2n) is 3.83. The highest BCUT2D eigenvalue weighted by Gasteiger charge is 2.36. The predicted molar refractivity (Wildman–Crippen MR) is 71.3 cm³/mol. The minimum atomic E-state index is -4.06. The molecule has 1 aromatic carbocycles. The fraction of sp³-hybridized carbons (Fsp3) is 0.231. The summed E-state index contributed by atoms with van der Waals surface area (Å²) in [7, 11) is -4.06. The number of benzene rings is 1. The fourth-order valence-corrected chi connectivity index (χ4v) is 2.73. The number of ketones is 1. The van der Waals surface area contributed by atoms with Crippen LogP contribution < -0.4 is 0 Å². The van der Waals surface area contributed by atoms with Gasteiger partial charge in [-0.1, -0.05) is 24.3 Å². The summed E-state index contributed by atoms with van der Waals surface area (Å²) in [4.78, 5) is 14.4. The van der Waals surface area contributed by atoms with E-state index in [1.807, 2.05) is 0 Å². The lowest BCUT2D eigenvalue weighted by atomic mass is 10.2. The SMILES string of the molecule is C=CCCCC(=O)C(=[N+]=[N-])S(=O)(=O)c1ccccc1. The predicted octanol–water partition coefficient (Wildman–Crippen LogP) is 2.01. The average molecular weight is 278 g/mol. The van der Waals surface area contributed by atoms with Crippen molar-refractivity contribution in [2.45, 2.75) is 24.2 Å². The standard InChI is InChI=1S/C13H14N2O3S/c1-2-3-5-10-12(16)13(15-14)19(17,18)11-8-6-4-7-9-11/h2,4,6-9H,1,3,5,10H2. The lowest BCUT2D eigenvalue weighted by molar-refractivity contribution is -0.116. The van der Waals surface area contributed by atoms with E-state index in [1.165, 1.54) is 24.3 Å². The molecule has 0 aromatic heterocycles. The van der Waals surface area contributed by atoms with Crippen molar-refractivity contribution in [3.63, 3.8) is 0 Å². The van der Waals surface area contributed by atoms with E-state index in [4.69, 9.17) is 5.53 Å². The average Bonchev–Trinajstić information content (AvgIpc) is 2.40. The van der Waals surface area contributed by atoms with Gasteiger partial charge in [0.15, 0.2) is 0 Å². The smallest absolute Gasteiger partial charge is 0.360 e. The van der Waals surface area contributed by atoms with E-state index in [1.54, 1.807) is 12.1 Å². The molecule has 0 N–H and O–H groups in total. The summed E-state index contributed by atoms with van der Waals surface area (Å²) in [6.45, 7) is 3.51. The normalized spacial score (nSPS) is 10.5. The molecule has 0 amide bonds. The van der Waals surface area contributed by atoms with Crippen LogP contribution in [0.5, 0.6) is 0 Å². The first-order valence-corrected chi connectivity index (χ1v) is 7.18. The first-order valence-electron chi connectivity index (χ1n) is 5.70. The lowest BCUT2D eigenvalue weighted by Gasteiger charge is -1.99. The summed E-state index contributed by atoms with van der Waals surface area (Å²) in [5.74, 6) is -0.701. The van der Waals surface area contributed by atoms with Crippen LogP contribution in [-0.4, -0.2) is 24.0 Å². The highest BCUT2D eigenvalue weighted by molar-refractivity contribution is 8.08. The monoisotopic (exact) mass is 278 g/mol. The van der Waals surface area contributed by atoms with Crippen molar-refractivity contribution in [1.29, 1.82) is 0 Å². The Kier molecular flexibility index (Phi) is 5.36. The summed E-state index contributed by atoms with van der Waals surface area (Å²) < 4.78 is 24.2. The molecule has 0 fully saturated rings. The number of sulfone groups is 1. The van der Waals surface area contributed by atoms with Crippen LogP contribution in [0.1, 0.15) is 19.3 Å². The molecule has 1 aromatic rings. The summed E-state index contributed by atoms with van der Waals surface area (Å²) in [5, 5.41) is -0.817. The quantitative estimate of drug-likeness (QED) is 0.199. The molecule has 100 valence electrons. The van der Waals surface area contributed by atoms with Crippen LogP contribution in [0.4, 0.5) is 0 Å². The molecule has 19 heavy (non-hydrogen) atoms. The molecule has 0 saturated heterocycles. The molecule has 0 saturated carbocycles. The maximum Gasteiger partial charge on any atom is 0.451 e. The Morgan fingerprint density at radius 1 is 1.32 bits per heavy atom. The van der Waals surface area contributed by atoms with Gasteiger partial charge in [0.2, 0.25) is 0 Å². The van der Waals surface area contributed by atoms with Gasteiger partial charge in [0, 0.05) is 6.42 Å². The molecule has 0 aliphatic carbocycles. The van der Waals surface area contributed by atoms with Crippen molar-refractivity contribution in [1.82, 2.24) is 0 Å². The third-order valence-corrected chi connectivity index (χ3v) is 4.16. The number of nitrogens with zero attached hydrogens (tertiary/aromatic N) is 2. The zero-order valence-electron chi connectivity index (χ0n) is 10.3. The third-order valence-electron chi connectivity index (χ3n) is 2.45. The number of hydrogen-bond donors (Lipinski definition) is 0. The van der Waals surface area contributed by atoms with Gasteiger partial charge in [-0.05, 0) is 25.0 Å². The van der Waals surface area contributed by atoms with Crippen LogP contribution in [0.25, 0.3) is 5.53 Å². The Morgan fingerprint density at radius 3 is 2.47 bits per heavy atom. The Hall–Kier alpha value is -2.04. The lowest BCUT2D eigenvalue weighted by Crippen LogP contribution is -2.25. The summed E-state index contributed by atoms with van der Waals surface area (Å²) in [6.07, 6.45) is 2.69. The topological polar surface area (TPSA) is 87.6 Å². The summed E-state index contributed by atoms with van der Waals surface area (Å²) in [5.41, 5.74) is 8.82. The maximum absolute atomic E-state index is 12.1. The molecule has 0 radical (unpaired) electrons. The van der Waals surface area contributed by atoms with Crippen LogP contribution in [0.2, 0.25) is 0 Å². The fourth-order valence-electron chi connectivity index (χ4n) is 1.48.